The Labute approximate surface area is 371 Å². The van der Waals surface area contributed by atoms with Gasteiger partial charge in [0.25, 0.3) is 0 Å². The van der Waals surface area contributed by atoms with Crippen molar-refractivity contribution in [2.75, 3.05) is 4.90 Å². The minimum Gasteiger partial charge on any atom is -0.455 e. The summed E-state index contributed by atoms with van der Waals surface area (Å²) < 4.78 is 125. The van der Waals surface area contributed by atoms with Gasteiger partial charge in [0.1, 0.15) is 11.2 Å². The molecule has 2 aromatic heterocycles. The minimum absolute atomic E-state index is 0.159. The molecule has 0 unspecified atom stereocenters. The molecule has 0 amide bonds. The van der Waals surface area contributed by atoms with Crippen LogP contribution >= 0.6 is 0 Å². The number of furan rings is 1. The Balaban J connectivity index is 1.07. The summed E-state index contributed by atoms with van der Waals surface area (Å²) in [6.45, 7) is 0. The lowest BCUT2D eigenvalue weighted by Gasteiger charge is -2.28. The van der Waals surface area contributed by atoms with Crippen LogP contribution < -0.4 is 4.90 Å². The maximum atomic E-state index is 9.78. The second kappa shape index (κ2) is 14.3. The third-order valence-electron chi connectivity index (χ3n) is 11.2. The topological polar surface area (TPSA) is 21.3 Å². The predicted molar refractivity (Wildman–Crippen MR) is 257 cm³/mol. The molecular formula is C58H38N2O. The van der Waals surface area contributed by atoms with Gasteiger partial charge < -0.3 is 13.9 Å². The second-order valence-corrected chi connectivity index (χ2v) is 14.7. The minimum atomic E-state index is -0.782. The fraction of sp³-hybridized carbons (Fsp3) is 0. The smallest absolute Gasteiger partial charge is 0.143 e. The lowest BCUT2D eigenvalue weighted by molar-refractivity contribution is 0.672. The molecule has 12 rings (SSSR count). The first-order valence-corrected chi connectivity index (χ1v) is 19.8. The van der Waals surface area contributed by atoms with E-state index in [0.29, 0.717) is 22.5 Å². The molecular weight excluding hydrogens is 741 g/mol. The second-order valence-electron chi connectivity index (χ2n) is 14.7. The van der Waals surface area contributed by atoms with Crippen molar-refractivity contribution >= 4 is 71.6 Å². The summed E-state index contributed by atoms with van der Waals surface area (Å²) in [7, 11) is 0. The van der Waals surface area contributed by atoms with E-state index in [9.17, 15) is 8.22 Å². The molecule has 0 aliphatic carbocycles. The normalized spacial score (nSPS) is 14.6. The van der Waals surface area contributed by atoms with E-state index >= 15 is 0 Å². The van der Waals surface area contributed by atoms with Crippen molar-refractivity contribution in [3.63, 3.8) is 0 Å². The standard InChI is InChI=1S/C58H38N2O/c1-2-12-39(13-3-1)40-22-24-41(25-23-40)42-26-30-45(31-27-42)59(46-32-34-47(35-33-46)60-55-20-10-7-17-50(55)51-18-8-11-21-56(51)60)54-19-9-6-15-48(54)44-29-37-57-53(38-44)52-36-28-43-14-4-5-16-49(43)58(52)61-57/h1-38H/i1D,2D,3D,12D,13D,22D,23D,24D,25D,26D,27D,30D,31D. The Bertz CT molecular complexity index is 4230. The molecule has 0 N–H and O–H groups in total. The van der Waals surface area contributed by atoms with Gasteiger partial charge in [0, 0.05) is 49.6 Å². The predicted octanol–water partition coefficient (Wildman–Crippen LogP) is 16.3. The Morgan fingerprint density at radius 1 is 0.410 bits per heavy atom. The Hall–Kier alpha value is -8.14. The van der Waals surface area contributed by atoms with Crippen molar-refractivity contribution < 1.29 is 22.2 Å². The molecule has 0 atom stereocenters. The number of nitrogens with zero attached hydrogens (tertiary/aromatic N) is 2. The van der Waals surface area contributed by atoms with Crippen molar-refractivity contribution in [3.8, 4) is 39.1 Å². The van der Waals surface area contributed by atoms with Crippen molar-refractivity contribution in [2.45, 2.75) is 0 Å². The molecule has 0 bridgehead atoms. The Morgan fingerprint density at radius 3 is 1.70 bits per heavy atom. The zero-order valence-corrected chi connectivity index (χ0v) is 32.2. The van der Waals surface area contributed by atoms with Crippen LogP contribution in [-0.2, 0) is 0 Å². The first kappa shape index (κ1) is 24.1. The quantitative estimate of drug-likeness (QED) is 0.160. The summed E-state index contributed by atoms with van der Waals surface area (Å²) in [6, 6.07) is 40.1. The van der Waals surface area contributed by atoms with Gasteiger partial charge in [-0.2, -0.15) is 0 Å². The van der Waals surface area contributed by atoms with Gasteiger partial charge in [0.2, 0.25) is 0 Å². The van der Waals surface area contributed by atoms with E-state index in [1.807, 2.05) is 121 Å². The maximum Gasteiger partial charge on any atom is 0.143 e. The number of anilines is 3. The van der Waals surface area contributed by atoms with Crippen LogP contribution in [0.3, 0.4) is 0 Å². The fourth-order valence-corrected chi connectivity index (χ4v) is 8.41. The van der Waals surface area contributed by atoms with Gasteiger partial charge in [-0.3, -0.25) is 0 Å². The van der Waals surface area contributed by atoms with Gasteiger partial charge in [-0.1, -0.05) is 157 Å². The first-order chi connectivity index (χ1) is 35.7. The van der Waals surface area contributed by atoms with Crippen LogP contribution in [0.25, 0.3) is 93.6 Å². The highest BCUT2D eigenvalue weighted by Gasteiger charge is 2.20. The van der Waals surface area contributed by atoms with Gasteiger partial charge in [0.05, 0.1) is 34.5 Å². The average molecular weight is 792 g/mol. The highest BCUT2D eigenvalue weighted by molar-refractivity contribution is 6.16. The van der Waals surface area contributed by atoms with Crippen molar-refractivity contribution in [2.24, 2.45) is 0 Å². The SMILES string of the molecule is [2H]c1c([2H])c([2H])c(-c2c([2H])c([2H])c(-c3c([2H])c([2H])c(N(c4ccc(-n5c6ccccc6c6ccccc65)cc4)c4ccccc4-c4ccc5oc6c7ccccc7ccc6c5c4)c([2H])c3[2H])c([2H])c2[2H])c([2H])c1[2H]. The van der Waals surface area contributed by atoms with Crippen LogP contribution in [0.5, 0.6) is 0 Å². The zero-order chi connectivity index (χ0) is 51.6. The molecule has 0 saturated carbocycles. The van der Waals surface area contributed by atoms with E-state index in [4.69, 9.17) is 14.0 Å². The Morgan fingerprint density at radius 2 is 1.00 bits per heavy atom. The van der Waals surface area contributed by atoms with Crippen molar-refractivity contribution in [3.05, 3.63) is 230 Å². The van der Waals surface area contributed by atoms with Crippen LogP contribution in [0.1, 0.15) is 17.8 Å². The molecule has 2 heterocycles. The summed E-state index contributed by atoms with van der Waals surface area (Å²) in [6.07, 6.45) is 0. The van der Waals surface area contributed by atoms with E-state index in [-0.39, 0.29) is 5.69 Å². The molecule has 61 heavy (non-hydrogen) atoms. The summed E-state index contributed by atoms with van der Waals surface area (Å²) in [5, 5.41) is 5.95. The van der Waals surface area contributed by atoms with E-state index in [1.165, 1.54) is 0 Å². The third-order valence-corrected chi connectivity index (χ3v) is 11.2. The number of aromatic nitrogens is 1. The summed E-state index contributed by atoms with van der Waals surface area (Å²) >= 11 is 0. The van der Waals surface area contributed by atoms with Gasteiger partial charge in [-0.05, 0) is 106 Å². The van der Waals surface area contributed by atoms with E-state index < -0.39 is 101 Å². The molecule has 0 aliphatic heterocycles. The molecule has 0 fully saturated rings. The van der Waals surface area contributed by atoms with Crippen LogP contribution in [0.4, 0.5) is 17.1 Å². The van der Waals surface area contributed by atoms with E-state index in [1.54, 1.807) is 4.90 Å². The highest BCUT2D eigenvalue weighted by Crippen LogP contribution is 2.44. The molecule has 3 nitrogen and oxygen atoms in total. The van der Waals surface area contributed by atoms with Crippen LogP contribution in [-0.4, -0.2) is 4.57 Å². The van der Waals surface area contributed by atoms with Gasteiger partial charge in [0.15, 0.2) is 0 Å². The van der Waals surface area contributed by atoms with Crippen molar-refractivity contribution in [1.29, 1.82) is 0 Å². The third kappa shape index (κ3) is 5.90. The molecule has 0 aliphatic rings. The van der Waals surface area contributed by atoms with Crippen molar-refractivity contribution in [1.82, 2.24) is 4.57 Å². The van der Waals surface area contributed by atoms with Gasteiger partial charge in [-0.15, -0.1) is 0 Å². The van der Waals surface area contributed by atoms with Gasteiger partial charge in [-0.25, -0.2) is 0 Å². The zero-order valence-electron chi connectivity index (χ0n) is 45.2. The lowest BCUT2D eigenvalue weighted by Crippen LogP contribution is -2.11. The van der Waals surface area contributed by atoms with E-state index in [2.05, 4.69) is 34.9 Å². The lowest BCUT2D eigenvalue weighted by atomic mass is 9.98. The van der Waals surface area contributed by atoms with Crippen LogP contribution in [0, 0.1) is 0 Å². The number of fused-ring (bicyclic) bond motifs is 8. The number of hydrogen-bond acceptors (Lipinski definition) is 2. The van der Waals surface area contributed by atoms with Gasteiger partial charge >= 0.3 is 0 Å². The van der Waals surface area contributed by atoms with Crippen LogP contribution in [0.15, 0.2) is 235 Å². The monoisotopic (exact) mass is 791 g/mol. The maximum absolute atomic E-state index is 9.78. The molecule has 0 saturated heterocycles. The summed E-state index contributed by atoms with van der Waals surface area (Å²) in [5.41, 5.74) is 4.35. The number of para-hydroxylation sites is 3. The summed E-state index contributed by atoms with van der Waals surface area (Å²) in [4.78, 5) is 1.66. The molecule has 286 valence electrons. The first-order valence-electron chi connectivity index (χ1n) is 26.3. The number of benzene rings is 10. The molecule has 0 spiro atoms. The average Bonchev–Trinajstić information content (AvgIpc) is 3.97. The highest BCUT2D eigenvalue weighted by atomic mass is 16.3. The largest absolute Gasteiger partial charge is 0.455 e. The number of hydrogen-bond donors (Lipinski definition) is 0. The molecule has 3 heteroatoms. The number of rotatable bonds is 7. The molecule has 12 aromatic rings. The summed E-state index contributed by atoms with van der Waals surface area (Å²) in [5.74, 6) is 0. The molecule has 0 radical (unpaired) electrons. The van der Waals surface area contributed by atoms with Crippen LogP contribution in [0.2, 0.25) is 0 Å². The van der Waals surface area contributed by atoms with E-state index in [0.717, 1.165) is 60.2 Å². The Kier molecular flexibility index (Phi) is 5.64. The molecule has 10 aromatic carbocycles. The fourth-order valence-electron chi connectivity index (χ4n) is 8.41.